The van der Waals surface area contributed by atoms with E-state index < -0.39 is 0 Å². The molecule has 0 amide bonds. The summed E-state index contributed by atoms with van der Waals surface area (Å²) in [6, 6.07) is 11.8. The number of rotatable bonds is 4. The van der Waals surface area contributed by atoms with Gasteiger partial charge in [-0.1, -0.05) is 26.0 Å². The lowest BCUT2D eigenvalue weighted by molar-refractivity contribution is 0.0911. The van der Waals surface area contributed by atoms with Crippen molar-refractivity contribution in [3.05, 3.63) is 60.0 Å². The SMILES string of the molecule is CC(C)Oc1cccc(-c2c3c(n(N)c2-c2ccncc2)CC(C)(C)CC3=O)c1. The summed E-state index contributed by atoms with van der Waals surface area (Å²) in [5.74, 6) is 7.53. The molecule has 4 rings (SSSR count). The maximum atomic E-state index is 13.2. The second-order valence-corrected chi connectivity index (χ2v) is 8.79. The Morgan fingerprint density at radius 1 is 1.07 bits per heavy atom. The Morgan fingerprint density at radius 3 is 2.48 bits per heavy atom. The van der Waals surface area contributed by atoms with Gasteiger partial charge in [0.2, 0.25) is 0 Å². The molecule has 1 aromatic carbocycles. The summed E-state index contributed by atoms with van der Waals surface area (Å²) in [7, 11) is 0. The topological polar surface area (TPSA) is 70.1 Å². The molecule has 0 saturated heterocycles. The van der Waals surface area contributed by atoms with Crippen LogP contribution >= 0.6 is 0 Å². The molecule has 0 saturated carbocycles. The number of aromatic nitrogens is 2. The normalized spacial score (nSPS) is 15.4. The molecular formula is C24H27N3O2. The van der Waals surface area contributed by atoms with E-state index in [1.165, 1.54) is 0 Å². The highest BCUT2D eigenvalue weighted by Gasteiger charge is 2.38. The first-order chi connectivity index (χ1) is 13.8. The average Bonchev–Trinajstić information content (AvgIpc) is 2.94. The number of ether oxygens (including phenoxy) is 1. The van der Waals surface area contributed by atoms with Gasteiger partial charge >= 0.3 is 0 Å². The quantitative estimate of drug-likeness (QED) is 0.646. The molecular weight excluding hydrogens is 362 g/mol. The van der Waals surface area contributed by atoms with Crippen LogP contribution in [-0.2, 0) is 6.42 Å². The fraction of sp³-hybridized carbons (Fsp3) is 0.333. The standard InChI is InChI=1S/C24H27N3O2/c1-15(2)29-18-7-5-6-17(12-18)21-22-19(13-24(3,4)14-20(22)28)27(25)23(21)16-8-10-26-11-9-16/h5-12,15H,13-14,25H2,1-4H3. The Balaban J connectivity index is 1.99. The average molecular weight is 389 g/mol. The van der Waals surface area contributed by atoms with E-state index in [-0.39, 0.29) is 17.3 Å². The molecule has 5 heteroatoms. The molecule has 0 aliphatic heterocycles. The van der Waals surface area contributed by atoms with Crippen LogP contribution in [0.1, 0.15) is 50.2 Å². The maximum absolute atomic E-state index is 13.2. The molecule has 3 aromatic rings. The number of fused-ring (bicyclic) bond motifs is 1. The van der Waals surface area contributed by atoms with E-state index in [1.54, 1.807) is 17.1 Å². The summed E-state index contributed by atoms with van der Waals surface area (Å²) in [6.45, 7) is 8.23. The van der Waals surface area contributed by atoms with Gasteiger partial charge in [0.25, 0.3) is 0 Å². The number of nitrogens with two attached hydrogens (primary N) is 1. The van der Waals surface area contributed by atoms with Crippen molar-refractivity contribution < 1.29 is 9.53 Å². The predicted molar refractivity (Wildman–Crippen MR) is 115 cm³/mol. The zero-order valence-electron chi connectivity index (χ0n) is 17.4. The number of nitrogens with zero attached hydrogens (tertiary/aromatic N) is 2. The molecule has 0 radical (unpaired) electrons. The maximum Gasteiger partial charge on any atom is 0.165 e. The number of benzene rings is 1. The highest BCUT2D eigenvalue weighted by atomic mass is 16.5. The zero-order valence-corrected chi connectivity index (χ0v) is 17.4. The van der Waals surface area contributed by atoms with Crippen LogP contribution in [0, 0.1) is 5.41 Å². The third kappa shape index (κ3) is 3.53. The van der Waals surface area contributed by atoms with Gasteiger partial charge in [0.05, 0.1) is 17.5 Å². The smallest absolute Gasteiger partial charge is 0.165 e. The van der Waals surface area contributed by atoms with Crippen LogP contribution in [-0.4, -0.2) is 21.5 Å². The van der Waals surface area contributed by atoms with Crippen LogP contribution in [0.15, 0.2) is 48.8 Å². The van der Waals surface area contributed by atoms with E-state index in [4.69, 9.17) is 10.6 Å². The highest BCUT2D eigenvalue weighted by molar-refractivity contribution is 6.08. The molecule has 150 valence electrons. The van der Waals surface area contributed by atoms with Crippen molar-refractivity contribution in [3.63, 3.8) is 0 Å². The van der Waals surface area contributed by atoms with Gasteiger partial charge in [-0.2, -0.15) is 0 Å². The third-order valence-electron chi connectivity index (χ3n) is 5.32. The van der Waals surface area contributed by atoms with E-state index in [0.29, 0.717) is 6.42 Å². The van der Waals surface area contributed by atoms with Gasteiger partial charge in [-0.15, -0.1) is 0 Å². The Labute approximate surface area is 171 Å². The second-order valence-electron chi connectivity index (χ2n) is 8.79. The Kier molecular flexibility index (Phi) is 4.69. The highest BCUT2D eigenvalue weighted by Crippen LogP contribution is 2.45. The minimum absolute atomic E-state index is 0.0698. The molecule has 2 aromatic heterocycles. The van der Waals surface area contributed by atoms with Gasteiger partial charge in [-0.05, 0) is 55.5 Å². The molecule has 0 spiro atoms. The first-order valence-corrected chi connectivity index (χ1v) is 10.0. The minimum Gasteiger partial charge on any atom is -0.491 e. The zero-order chi connectivity index (χ0) is 20.8. The van der Waals surface area contributed by atoms with Crippen LogP contribution in [0.3, 0.4) is 0 Å². The predicted octanol–water partition coefficient (Wildman–Crippen LogP) is 4.87. The molecule has 0 bridgehead atoms. The number of pyridine rings is 1. The van der Waals surface area contributed by atoms with E-state index >= 15 is 0 Å². The molecule has 1 aliphatic carbocycles. The molecule has 0 fully saturated rings. The molecule has 0 atom stereocenters. The first-order valence-electron chi connectivity index (χ1n) is 10.0. The van der Waals surface area contributed by atoms with E-state index in [0.717, 1.165) is 45.8 Å². The van der Waals surface area contributed by atoms with Gasteiger partial charge in [-0.3, -0.25) is 14.5 Å². The second kappa shape index (κ2) is 7.07. The molecule has 29 heavy (non-hydrogen) atoms. The Hall–Kier alpha value is -3.08. The molecule has 0 unspecified atom stereocenters. The van der Waals surface area contributed by atoms with Gasteiger partial charge in [-0.25, -0.2) is 0 Å². The summed E-state index contributed by atoms with van der Waals surface area (Å²) in [5.41, 5.74) is 5.10. The summed E-state index contributed by atoms with van der Waals surface area (Å²) in [6.07, 6.45) is 4.82. The summed E-state index contributed by atoms with van der Waals surface area (Å²) in [5, 5.41) is 0. The number of nitrogen functional groups attached to an aromatic ring is 1. The monoisotopic (exact) mass is 389 g/mol. The molecule has 1 aliphatic rings. The number of ketones is 1. The Bertz CT molecular complexity index is 1070. The molecule has 2 N–H and O–H groups in total. The van der Waals surface area contributed by atoms with Crippen molar-refractivity contribution >= 4 is 5.78 Å². The fourth-order valence-electron chi connectivity index (χ4n) is 4.22. The van der Waals surface area contributed by atoms with Crippen LogP contribution < -0.4 is 10.6 Å². The van der Waals surface area contributed by atoms with Crippen molar-refractivity contribution in [2.24, 2.45) is 5.41 Å². The van der Waals surface area contributed by atoms with Gasteiger partial charge in [0.15, 0.2) is 5.78 Å². The van der Waals surface area contributed by atoms with Crippen molar-refractivity contribution in [1.29, 1.82) is 0 Å². The van der Waals surface area contributed by atoms with E-state index in [1.807, 2.05) is 50.2 Å². The van der Waals surface area contributed by atoms with E-state index in [9.17, 15) is 4.79 Å². The van der Waals surface area contributed by atoms with Crippen LogP contribution in [0.5, 0.6) is 5.75 Å². The lowest BCUT2D eigenvalue weighted by Crippen LogP contribution is -2.29. The van der Waals surface area contributed by atoms with Crippen molar-refractivity contribution in [2.75, 3.05) is 5.84 Å². The number of carbonyl (C=O) groups excluding carboxylic acids is 1. The van der Waals surface area contributed by atoms with Crippen LogP contribution in [0.25, 0.3) is 22.4 Å². The van der Waals surface area contributed by atoms with Crippen molar-refractivity contribution in [2.45, 2.75) is 46.6 Å². The summed E-state index contributed by atoms with van der Waals surface area (Å²) >= 11 is 0. The number of hydrogen-bond acceptors (Lipinski definition) is 4. The number of Topliss-reactive ketones (excluding diaryl/α,β-unsaturated/α-hetero) is 1. The largest absolute Gasteiger partial charge is 0.491 e. The minimum atomic E-state index is -0.116. The molecule has 2 heterocycles. The molecule has 5 nitrogen and oxygen atoms in total. The van der Waals surface area contributed by atoms with Crippen LogP contribution in [0.4, 0.5) is 0 Å². The Morgan fingerprint density at radius 2 is 1.79 bits per heavy atom. The van der Waals surface area contributed by atoms with E-state index in [2.05, 4.69) is 18.8 Å². The lowest BCUT2D eigenvalue weighted by atomic mass is 9.75. The van der Waals surface area contributed by atoms with Crippen LogP contribution in [0.2, 0.25) is 0 Å². The number of hydrogen-bond donors (Lipinski definition) is 1. The lowest BCUT2D eigenvalue weighted by Gasteiger charge is -2.29. The third-order valence-corrected chi connectivity index (χ3v) is 5.32. The van der Waals surface area contributed by atoms with Crippen molar-refractivity contribution in [1.82, 2.24) is 9.66 Å². The fourth-order valence-corrected chi connectivity index (χ4v) is 4.22. The van der Waals surface area contributed by atoms with Gasteiger partial charge in [0, 0.05) is 35.5 Å². The van der Waals surface area contributed by atoms with Crippen molar-refractivity contribution in [3.8, 4) is 28.1 Å². The summed E-state index contributed by atoms with van der Waals surface area (Å²) in [4.78, 5) is 17.4. The van der Waals surface area contributed by atoms with Gasteiger partial charge in [0.1, 0.15) is 5.75 Å². The van der Waals surface area contributed by atoms with Gasteiger partial charge < -0.3 is 10.6 Å². The first kappa shape index (κ1) is 19.2. The summed E-state index contributed by atoms with van der Waals surface area (Å²) < 4.78 is 7.60. The number of carbonyl (C=O) groups is 1.